The molecule has 0 amide bonds. The predicted molar refractivity (Wildman–Crippen MR) is 119 cm³/mol. The van der Waals surface area contributed by atoms with E-state index in [0.29, 0.717) is 12.5 Å². The molecule has 17 heteroatoms. The average molecular weight is 564 g/mol. The Kier molecular flexibility index (Phi) is 11.1. The second-order valence-electron chi connectivity index (χ2n) is 7.65. The topological polar surface area (TPSA) is 144 Å². The number of ether oxygens (including phenoxy) is 1. The van der Waals surface area contributed by atoms with Crippen molar-refractivity contribution in [3.05, 3.63) is 65.9 Å². The minimum Gasteiger partial charge on any atom is -0.475 e. The van der Waals surface area contributed by atoms with E-state index in [0.717, 1.165) is 49.7 Å². The van der Waals surface area contributed by atoms with E-state index in [9.17, 15) is 26.3 Å². The Bertz CT molecular complexity index is 1170. The fourth-order valence-corrected chi connectivity index (χ4v) is 3.00. The number of halogens is 6. The van der Waals surface area contributed by atoms with E-state index in [2.05, 4.69) is 31.2 Å². The number of carboxylic acids is 2. The molecule has 0 aromatic carbocycles. The van der Waals surface area contributed by atoms with Gasteiger partial charge in [-0.3, -0.25) is 9.88 Å². The standard InChI is InChI=1S/C18H20N6O.2C2HF3O2/c1-3-8-19-15(6-1)12-23-10-5-11-24-17(13-23)16(21-22-24)14-25-18-7-2-4-9-20-18;2*3-2(4,5)1(6)7/h1-4,6-9H,5,10-14H2;2*(H,6,7). The van der Waals surface area contributed by atoms with Gasteiger partial charge in [-0.05, 0) is 24.6 Å². The maximum absolute atomic E-state index is 10.6. The van der Waals surface area contributed by atoms with Crippen molar-refractivity contribution in [1.29, 1.82) is 0 Å². The van der Waals surface area contributed by atoms with Crippen molar-refractivity contribution < 1.29 is 50.9 Å². The first-order chi connectivity index (χ1) is 18.3. The van der Waals surface area contributed by atoms with Crippen LogP contribution in [0.3, 0.4) is 0 Å². The average Bonchev–Trinajstić information content (AvgIpc) is 3.13. The highest BCUT2D eigenvalue weighted by molar-refractivity contribution is 5.73. The molecule has 0 aliphatic carbocycles. The van der Waals surface area contributed by atoms with Gasteiger partial charge in [0.25, 0.3) is 0 Å². The first kappa shape index (κ1) is 30.9. The number of rotatable bonds is 5. The smallest absolute Gasteiger partial charge is 0.475 e. The first-order valence-electron chi connectivity index (χ1n) is 10.9. The van der Waals surface area contributed by atoms with E-state index < -0.39 is 24.3 Å². The van der Waals surface area contributed by atoms with E-state index in [-0.39, 0.29) is 0 Å². The highest BCUT2D eigenvalue weighted by atomic mass is 19.4. The number of alkyl halides is 6. The molecule has 0 spiro atoms. The van der Waals surface area contributed by atoms with Crippen molar-refractivity contribution in [3.63, 3.8) is 0 Å². The lowest BCUT2D eigenvalue weighted by Gasteiger charge is -2.19. The molecule has 39 heavy (non-hydrogen) atoms. The van der Waals surface area contributed by atoms with Gasteiger partial charge in [0.2, 0.25) is 5.88 Å². The van der Waals surface area contributed by atoms with Gasteiger partial charge in [0.1, 0.15) is 12.3 Å². The molecular formula is C22H22F6N6O5. The Balaban J connectivity index is 0.000000317. The van der Waals surface area contributed by atoms with E-state index in [1.807, 2.05) is 41.2 Å². The van der Waals surface area contributed by atoms with Gasteiger partial charge in [-0.1, -0.05) is 17.3 Å². The van der Waals surface area contributed by atoms with Crippen LogP contribution in [0, 0.1) is 0 Å². The summed E-state index contributed by atoms with van der Waals surface area (Å²) in [4.78, 5) is 28.8. The van der Waals surface area contributed by atoms with Crippen molar-refractivity contribution >= 4 is 11.9 Å². The Morgan fingerprint density at radius 1 is 0.897 bits per heavy atom. The van der Waals surface area contributed by atoms with Gasteiger partial charge in [0.15, 0.2) is 0 Å². The molecule has 4 rings (SSSR count). The summed E-state index contributed by atoms with van der Waals surface area (Å²) < 4.78 is 71.2. The highest BCUT2D eigenvalue weighted by Gasteiger charge is 2.38. The Morgan fingerprint density at radius 2 is 1.49 bits per heavy atom. The van der Waals surface area contributed by atoms with Crippen molar-refractivity contribution in [2.24, 2.45) is 0 Å². The van der Waals surface area contributed by atoms with Gasteiger partial charge < -0.3 is 14.9 Å². The summed E-state index contributed by atoms with van der Waals surface area (Å²) >= 11 is 0. The monoisotopic (exact) mass is 564 g/mol. The zero-order chi connectivity index (χ0) is 29.1. The number of aliphatic carboxylic acids is 2. The molecule has 3 aromatic heterocycles. The third-order valence-electron chi connectivity index (χ3n) is 4.73. The van der Waals surface area contributed by atoms with Crippen molar-refractivity contribution in [2.45, 2.75) is 45.0 Å². The molecule has 0 bridgehead atoms. The number of aromatic nitrogens is 5. The largest absolute Gasteiger partial charge is 0.490 e. The summed E-state index contributed by atoms with van der Waals surface area (Å²) in [6.07, 6.45) is -5.56. The summed E-state index contributed by atoms with van der Waals surface area (Å²) in [6.45, 7) is 3.89. The molecule has 11 nitrogen and oxygen atoms in total. The van der Waals surface area contributed by atoms with E-state index >= 15 is 0 Å². The quantitative estimate of drug-likeness (QED) is 0.443. The third kappa shape index (κ3) is 10.9. The van der Waals surface area contributed by atoms with Gasteiger partial charge in [-0.15, -0.1) is 5.10 Å². The zero-order valence-corrected chi connectivity index (χ0v) is 19.9. The molecule has 1 aliphatic rings. The second-order valence-corrected chi connectivity index (χ2v) is 7.65. The number of carboxylic acid groups (broad SMARTS) is 2. The van der Waals surface area contributed by atoms with Crippen LogP contribution in [0.4, 0.5) is 26.3 Å². The molecule has 4 heterocycles. The number of hydrogen-bond acceptors (Lipinski definition) is 8. The van der Waals surface area contributed by atoms with E-state index in [4.69, 9.17) is 24.5 Å². The molecule has 0 unspecified atom stereocenters. The fourth-order valence-electron chi connectivity index (χ4n) is 3.00. The molecule has 0 saturated heterocycles. The van der Waals surface area contributed by atoms with Gasteiger partial charge in [-0.2, -0.15) is 26.3 Å². The van der Waals surface area contributed by atoms with Gasteiger partial charge in [-0.25, -0.2) is 19.3 Å². The van der Waals surface area contributed by atoms with Crippen molar-refractivity contribution in [3.8, 4) is 5.88 Å². The molecule has 3 aromatic rings. The SMILES string of the molecule is O=C(O)C(F)(F)F.O=C(O)C(F)(F)F.c1ccc(CN2CCCn3nnc(COc4ccccn4)c3C2)nc1. The lowest BCUT2D eigenvalue weighted by atomic mass is 10.2. The molecule has 1 aliphatic heterocycles. The van der Waals surface area contributed by atoms with E-state index in [1.165, 1.54) is 0 Å². The number of fused-ring (bicyclic) bond motifs is 1. The second kappa shape index (κ2) is 14.0. The van der Waals surface area contributed by atoms with Crippen LogP contribution in [0.15, 0.2) is 48.8 Å². The highest BCUT2D eigenvalue weighted by Crippen LogP contribution is 2.18. The molecule has 0 saturated carbocycles. The molecule has 0 atom stereocenters. The number of nitrogens with zero attached hydrogens (tertiary/aromatic N) is 6. The summed E-state index contributed by atoms with van der Waals surface area (Å²) in [7, 11) is 0. The van der Waals surface area contributed by atoms with Gasteiger partial charge >= 0.3 is 24.3 Å². The molecule has 0 fully saturated rings. The van der Waals surface area contributed by atoms with Crippen LogP contribution in [-0.2, 0) is 35.8 Å². The van der Waals surface area contributed by atoms with Crippen molar-refractivity contribution in [1.82, 2.24) is 29.9 Å². The first-order valence-corrected chi connectivity index (χ1v) is 10.9. The Morgan fingerprint density at radius 3 is 2.00 bits per heavy atom. The van der Waals surface area contributed by atoms with Crippen LogP contribution in [0.25, 0.3) is 0 Å². The molecule has 0 radical (unpaired) electrons. The summed E-state index contributed by atoms with van der Waals surface area (Å²) in [5.74, 6) is -4.91. The Hall–Kier alpha value is -4.28. The number of aryl methyl sites for hydroxylation is 1. The van der Waals surface area contributed by atoms with Crippen LogP contribution in [0.2, 0.25) is 0 Å². The molecular weight excluding hydrogens is 542 g/mol. The summed E-state index contributed by atoms with van der Waals surface area (Å²) in [6, 6.07) is 11.6. The third-order valence-corrected chi connectivity index (χ3v) is 4.73. The van der Waals surface area contributed by atoms with E-state index in [1.54, 1.807) is 6.20 Å². The van der Waals surface area contributed by atoms with Gasteiger partial charge in [0.05, 0.1) is 11.4 Å². The summed E-state index contributed by atoms with van der Waals surface area (Å²) in [5.41, 5.74) is 3.07. The maximum atomic E-state index is 10.6. The number of hydrogen-bond donors (Lipinski definition) is 2. The summed E-state index contributed by atoms with van der Waals surface area (Å²) in [5, 5.41) is 22.9. The number of pyridine rings is 2. The molecule has 2 N–H and O–H groups in total. The lowest BCUT2D eigenvalue weighted by Crippen LogP contribution is -2.24. The maximum Gasteiger partial charge on any atom is 0.490 e. The van der Waals surface area contributed by atoms with Gasteiger partial charge in [0, 0.05) is 44.6 Å². The zero-order valence-electron chi connectivity index (χ0n) is 19.9. The van der Waals surface area contributed by atoms with Crippen LogP contribution in [0.1, 0.15) is 23.5 Å². The predicted octanol–water partition coefficient (Wildman–Crippen LogP) is 3.32. The minimum absolute atomic E-state index is 0.379. The Labute approximate surface area is 216 Å². The van der Waals surface area contributed by atoms with Crippen LogP contribution in [-0.4, -0.2) is 70.9 Å². The minimum atomic E-state index is -5.08. The fraction of sp³-hybridized carbons (Fsp3) is 0.364. The van der Waals surface area contributed by atoms with Crippen LogP contribution in [0.5, 0.6) is 5.88 Å². The van der Waals surface area contributed by atoms with Crippen LogP contribution < -0.4 is 4.74 Å². The van der Waals surface area contributed by atoms with Crippen molar-refractivity contribution in [2.75, 3.05) is 6.54 Å². The number of carbonyl (C=O) groups is 2. The normalized spacial score (nSPS) is 13.5. The van der Waals surface area contributed by atoms with Crippen LogP contribution >= 0.6 is 0 Å². The lowest BCUT2D eigenvalue weighted by molar-refractivity contribution is -0.193. The molecule has 212 valence electrons.